The van der Waals surface area contributed by atoms with Crippen LogP contribution in [0.25, 0.3) is 0 Å². The molecule has 6 nitrogen and oxygen atoms in total. The molecule has 31 heavy (non-hydrogen) atoms. The quantitative estimate of drug-likeness (QED) is 0.701. The average Bonchev–Trinajstić information content (AvgIpc) is 3.14. The Morgan fingerprint density at radius 3 is 2.32 bits per heavy atom. The van der Waals surface area contributed by atoms with Gasteiger partial charge in [-0.05, 0) is 43.9 Å². The molecule has 4 rings (SSSR count). The van der Waals surface area contributed by atoms with E-state index in [9.17, 15) is 13.2 Å². The van der Waals surface area contributed by atoms with Gasteiger partial charge in [0.2, 0.25) is 5.91 Å². The number of hydrogen-bond donors (Lipinski definition) is 1. The topological polar surface area (TPSA) is 81.7 Å². The lowest BCUT2D eigenvalue weighted by Gasteiger charge is -2.29. The van der Waals surface area contributed by atoms with E-state index >= 15 is 0 Å². The van der Waals surface area contributed by atoms with Crippen molar-refractivity contribution in [1.82, 2.24) is 0 Å². The molecule has 0 radical (unpaired) electrons. The Bertz CT molecular complexity index is 1120. The number of amides is 1. The van der Waals surface area contributed by atoms with Crippen molar-refractivity contribution in [1.29, 1.82) is 0 Å². The Morgan fingerprint density at radius 1 is 1.00 bits per heavy atom. The summed E-state index contributed by atoms with van der Waals surface area (Å²) in [5, 5.41) is 3.06. The lowest BCUT2D eigenvalue weighted by atomic mass is 10.1. The van der Waals surface area contributed by atoms with Crippen LogP contribution >= 0.6 is 11.6 Å². The molecule has 1 heterocycles. The van der Waals surface area contributed by atoms with Crippen molar-refractivity contribution in [2.45, 2.75) is 55.6 Å². The minimum atomic E-state index is -3.92. The summed E-state index contributed by atoms with van der Waals surface area (Å²) in [6.45, 7) is 4.62. The Labute approximate surface area is 187 Å². The molecular formula is C23H26ClNO5S. The molecular weight excluding hydrogens is 438 g/mol. The van der Waals surface area contributed by atoms with Crippen LogP contribution < -0.4 is 14.8 Å². The molecule has 0 spiro atoms. The fourth-order valence-electron chi connectivity index (χ4n) is 4.29. The molecule has 1 fully saturated rings. The van der Waals surface area contributed by atoms with Gasteiger partial charge in [0.1, 0.15) is 0 Å². The van der Waals surface area contributed by atoms with Crippen LogP contribution in [0.3, 0.4) is 0 Å². The van der Waals surface area contributed by atoms with E-state index in [2.05, 4.69) is 5.32 Å². The number of nitrogens with one attached hydrogen (secondary N) is 1. The van der Waals surface area contributed by atoms with Crippen molar-refractivity contribution in [2.24, 2.45) is 0 Å². The Balaban J connectivity index is 1.72. The van der Waals surface area contributed by atoms with E-state index in [1.54, 1.807) is 31.2 Å². The molecule has 166 valence electrons. The number of carbonyl (C=O) groups is 1. The van der Waals surface area contributed by atoms with Crippen LogP contribution in [0.5, 0.6) is 11.5 Å². The van der Waals surface area contributed by atoms with Crippen molar-refractivity contribution < 1.29 is 22.7 Å². The van der Waals surface area contributed by atoms with E-state index in [0.29, 0.717) is 48.8 Å². The lowest BCUT2D eigenvalue weighted by Crippen LogP contribution is -2.47. The zero-order valence-electron chi connectivity index (χ0n) is 17.7. The summed E-state index contributed by atoms with van der Waals surface area (Å²) >= 11 is 6.39. The van der Waals surface area contributed by atoms with Gasteiger partial charge < -0.3 is 14.8 Å². The predicted molar refractivity (Wildman–Crippen MR) is 120 cm³/mol. The van der Waals surface area contributed by atoms with Gasteiger partial charge in [-0.1, -0.05) is 36.6 Å². The second-order valence-corrected chi connectivity index (χ2v) is 10.9. The fraction of sp³-hybridized carbons (Fsp3) is 0.435. The van der Waals surface area contributed by atoms with Gasteiger partial charge in [-0.15, -0.1) is 0 Å². The molecule has 1 N–H and O–H groups in total. The van der Waals surface area contributed by atoms with Crippen LogP contribution in [0.15, 0.2) is 35.2 Å². The molecule has 2 aromatic rings. The third-order valence-electron chi connectivity index (χ3n) is 6.06. The summed E-state index contributed by atoms with van der Waals surface area (Å²) in [5.74, 6) is 0.441. The molecule has 0 bridgehead atoms. The first-order valence-electron chi connectivity index (χ1n) is 10.5. The number of halogens is 1. The number of carbonyl (C=O) groups excluding carboxylic acids is 1. The van der Waals surface area contributed by atoms with Crippen LogP contribution in [0.2, 0.25) is 5.02 Å². The summed E-state index contributed by atoms with van der Waals surface area (Å²) in [6, 6.07) is 8.50. The molecule has 1 aliphatic carbocycles. The average molecular weight is 464 g/mol. The molecule has 2 aromatic carbocycles. The second-order valence-electron chi connectivity index (χ2n) is 8.26. The Kier molecular flexibility index (Phi) is 5.92. The highest BCUT2D eigenvalue weighted by Crippen LogP contribution is 2.44. The van der Waals surface area contributed by atoms with Gasteiger partial charge in [-0.3, -0.25) is 4.79 Å². The van der Waals surface area contributed by atoms with Crippen molar-refractivity contribution in [3.05, 3.63) is 46.5 Å². The number of fused-ring (bicyclic) bond motifs is 1. The summed E-state index contributed by atoms with van der Waals surface area (Å²) in [5.41, 5.74) is 1.79. The molecule has 8 heteroatoms. The van der Waals surface area contributed by atoms with Gasteiger partial charge in [0.15, 0.2) is 26.1 Å². The zero-order valence-corrected chi connectivity index (χ0v) is 19.2. The fourth-order valence-corrected chi connectivity index (χ4v) is 6.86. The number of sulfone groups is 1. The molecule has 0 saturated heterocycles. The van der Waals surface area contributed by atoms with Crippen molar-refractivity contribution in [3.63, 3.8) is 0 Å². The first kappa shape index (κ1) is 22.0. The maximum atomic E-state index is 13.8. The van der Waals surface area contributed by atoms with E-state index in [-0.39, 0.29) is 22.8 Å². The summed E-state index contributed by atoms with van der Waals surface area (Å²) in [4.78, 5) is 13.7. The number of rotatable bonds is 4. The van der Waals surface area contributed by atoms with Crippen molar-refractivity contribution in [2.75, 3.05) is 18.5 Å². The maximum Gasteiger partial charge on any atom is 0.246 e. The number of hydrogen-bond acceptors (Lipinski definition) is 5. The van der Waals surface area contributed by atoms with E-state index in [1.807, 2.05) is 13.0 Å². The van der Waals surface area contributed by atoms with Crippen LogP contribution in [0.1, 0.15) is 43.2 Å². The SMILES string of the molecule is Cc1ccc(C)c(S(=O)(=O)C2(C(=O)Nc3cc4c(cc3Cl)OCCCO4)CCCC2)c1. The van der Waals surface area contributed by atoms with Gasteiger partial charge in [0, 0.05) is 18.6 Å². The van der Waals surface area contributed by atoms with Gasteiger partial charge >= 0.3 is 0 Å². The maximum absolute atomic E-state index is 13.8. The largest absolute Gasteiger partial charge is 0.490 e. The number of aryl methyl sites for hydroxylation is 2. The molecule has 0 unspecified atom stereocenters. The Hall–Kier alpha value is -2.25. The molecule has 1 saturated carbocycles. The summed E-state index contributed by atoms with van der Waals surface area (Å²) in [6.07, 6.45) is 2.64. The number of ether oxygens (including phenoxy) is 2. The van der Waals surface area contributed by atoms with Gasteiger partial charge in [0.05, 0.1) is 28.8 Å². The molecule has 1 amide bonds. The highest BCUT2D eigenvalue weighted by molar-refractivity contribution is 7.93. The third-order valence-corrected chi connectivity index (χ3v) is 9.01. The standard InChI is InChI=1S/C23H26ClNO5S/c1-15-6-7-16(2)21(12-15)31(27,28)23(8-3-4-9-23)22(26)25-18-14-20-19(13-17(18)24)29-10-5-11-30-20/h6-7,12-14H,3-5,8-11H2,1-2H3,(H,25,26). The van der Waals surface area contributed by atoms with E-state index in [1.165, 1.54) is 0 Å². The molecule has 0 atom stereocenters. The van der Waals surface area contributed by atoms with Crippen LogP contribution in [0, 0.1) is 13.8 Å². The third kappa shape index (κ3) is 3.89. The first-order valence-corrected chi connectivity index (χ1v) is 12.3. The molecule has 0 aromatic heterocycles. The highest BCUT2D eigenvalue weighted by Gasteiger charge is 2.53. The van der Waals surface area contributed by atoms with Crippen molar-refractivity contribution >= 4 is 33.0 Å². The second kappa shape index (κ2) is 8.36. The number of anilines is 1. The van der Waals surface area contributed by atoms with E-state index in [0.717, 1.165) is 12.0 Å². The molecule has 1 aliphatic heterocycles. The monoisotopic (exact) mass is 463 g/mol. The molecule has 2 aliphatic rings. The normalized spacial score (nSPS) is 17.8. The predicted octanol–water partition coefficient (Wildman–Crippen LogP) is 4.84. The van der Waals surface area contributed by atoms with E-state index < -0.39 is 20.5 Å². The van der Waals surface area contributed by atoms with Gasteiger partial charge in [-0.2, -0.15) is 0 Å². The number of benzene rings is 2. The highest BCUT2D eigenvalue weighted by atomic mass is 35.5. The van der Waals surface area contributed by atoms with Crippen LogP contribution in [0.4, 0.5) is 5.69 Å². The van der Waals surface area contributed by atoms with E-state index in [4.69, 9.17) is 21.1 Å². The summed E-state index contributed by atoms with van der Waals surface area (Å²) in [7, 11) is -3.92. The van der Waals surface area contributed by atoms with Crippen LogP contribution in [-0.2, 0) is 14.6 Å². The minimum Gasteiger partial charge on any atom is -0.490 e. The first-order chi connectivity index (χ1) is 14.7. The minimum absolute atomic E-state index is 0.217. The van der Waals surface area contributed by atoms with Crippen LogP contribution in [-0.4, -0.2) is 32.3 Å². The van der Waals surface area contributed by atoms with Gasteiger partial charge in [-0.25, -0.2) is 8.42 Å². The summed E-state index contributed by atoms with van der Waals surface area (Å²) < 4.78 is 37.4. The zero-order chi connectivity index (χ0) is 22.2. The van der Waals surface area contributed by atoms with Gasteiger partial charge in [0.25, 0.3) is 0 Å². The smallest absolute Gasteiger partial charge is 0.246 e. The lowest BCUT2D eigenvalue weighted by molar-refractivity contribution is -0.118. The van der Waals surface area contributed by atoms with Crippen molar-refractivity contribution in [3.8, 4) is 11.5 Å². The Morgan fingerprint density at radius 2 is 1.65 bits per heavy atom.